The summed E-state index contributed by atoms with van der Waals surface area (Å²) in [5, 5.41) is 2.86. The zero-order chi connectivity index (χ0) is 16.9. The summed E-state index contributed by atoms with van der Waals surface area (Å²) in [5.74, 6) is -0.458. The fourth-order valence-corrected chi connectivity index (χ4v) is 2.62. The predicted molar refractivity (Wildman–Crippen MR) is 83.8 cm³/mol. The molecule has 0 radical (unpaired) electrons. The number of rotatable bonds is 3. The normalized spacial score (nSPS) is 18.5. The van der Waals surface area contributed by atoms with Crippen LogP contribution in [0.5, 0.6) is 0 Å². The van der Waals surface area contributed by atoms with Crippen LogP contribution in [0.2, 0.25) is 0 Å². The van der Waals surface area contributed by atoms with Crippen LogP contribution in [0.4, 0.5) is 10.5 Å². The van der Waals surface area contributed by atoms with Crippen molar-refractivity contribution >= 4 is 17.7 Å². The Labute approximate surface area is 139 Å². The first kappa shape index (κ1) is 16.7. The number of hydrogen-bond acceptors (Lipinski definition) is 6. The van der Waals surface area contributed by atoms with Gasteiger partial charge in [0.15, 0.2) is 6.29 Å². The lowest BCUT2D eigenvalue weighted by Gasteiger charge is -2.27. The second-order valence-electron chi connectivity index (χ2n) is 5.40. The van der Waals surface area contributed by atoms with E-state index in [9.17, 15) is 9.59 Å². The smallest absolute Gasteiger partial charge is 0.337 e. The molecule has 0 aromatic heterocycles. The molecular weight excluding hydrogens is 316 g/mol. The van der Waals surface area contributed by atoms with E-state index in [-0.39, 0.29) is 6.03 Å². The van der Waals surface area contributed by atoms with Crippen LogP contribution < -0.4 is 5.32 Å². The molecule has 2 saturated heterocycles. The van der Waals surface area contributed by atoms with Gasteiger partial charge in [-0.05, 0) is 18.2 Å². The first-order chi connectivity index (χ1) is 11.7. The van der Waals surface area contributed by atoms with Crippen molar-refractivity contribution in [1.82, 2.24) is 4.90 Å². The van der Waals surface area contributed by atoms with Crippen molar-refractivity contribution in [3.8, 4) is 0 Å². The number of nitrogens with zero attached hydrogens (tertiary/aromatic N) is 1. The molecule has 0 bridgehead atoms. The fraction of sp³-hybridized carbons (Fsp3) is 0.500. The Bertz CT molecular complexity index is 609. The molecular formula is C16H20N2O6. The molecule has 8 nitrogen and oxygen atoms in total. The van der Waals surface area contributed by atoms with Crippen LogP contribution in [0.1, 0.15) is 22.2 Å². The van der Waals surface area contributed by atoms with E-state index in [0.717, 1.165) is 0 Å². The maximum Gasteiger partial charge on any atom is 0.337 e. The number of esters is 1. The highest BCUT2D eigenvalue weighted by atomic mass is 16.7. The number of benzene rings is 1. The molecule has 1 aromatic rings. The number of amides is 2. The van der Waals surface area contributed by atoms with Crippen LogP contribution in [0.3, 0.4) is 0 Å². The number of nitrogens with one attached hydrogen (secondary N) is 1. The third-order valence-electron chi connectivity index (χ3n) is 3.89. The molecule has 1 N–H and O–H groups in total. The molecule has 2 aliphatic rings. The number of urea groups is 1. The van der Waals surface area contributed by atoms with E-state index in [2.05, 4.69) is 5.32 Å². The Kier molecular flexibility index (Phi) is 5.29. The van der Waals surface area contributed by atoms with Crippen molar-refractivity contribution in [3.63, 3.8) is 0 Å². The van der Waals surface area contributed by atoms with E-state index in [0.29, 0.717) is 56.3 Å². The van der Waals surface area contributed by atoms with Crippen LogP contribution in [-0.2, 0) is 18.9 Å². The van der Waals surface area contributed by atoms with Crippen LogP contribution >= 0.6 is 0 Å². The molecule has 3 rings (SSSR count). The summed E-state index contributed by atoms with van der Waals surface area (Å²) in [7, 11) is 1.32. The molecule has 130 valence electrons. The summed E-state index contributed by atoms with van der Waals surface area (Å²) in [6.45, 7) is 3.05. The average Bonchev–Trinajstić information content (AvgIpc) is 3.16. The molecule has 8 heteroatoms. The van der Waals surface area contributed by atoms with Crippen molar-refractivity contribution in [2.24, 2.45) is 0 Å². The second-order valence-corrected chi connectivity index (χ2v) is 5.40. The maximum absolute atomic E-state index is 12.4. The van der Waals surface area contributed by atoms with Crippen LogP contribution in [0, 0.1) is 0 Å². The van der Waals surface area contributed by atoms with Crippen LogP contribution in [0.15, 0.2) is 18.2 Å². The SMILES string of the molecule is COC(=O)c1ccc(NC(=O)N2CCOCC2)c(C2OCCO2)c1. The largest absolute Gasteiger partial charge is 0.465 e. The van der Waals surface area contributed by atoms with E-state index < -0.39 is 12.3 Å². The lowest BCUT2D eigenvalue weighted by molar-refractivity contribution is -0.0436. The van der Waals surface area contributed by atoms with Crippen molar-refractivity contribution in [1.29, 1.82) is 0 Å². The number of ether oxygens (including phenoxy) is 4. The van der Waals surface area contributed by atoms with Crippen molar-refractivity contribution < 1.29 is 28.5 Å². The monoisotopic (exact) mass is 336 g/mol. The van der Waals surface area contributed by atoms with Gasteiger partial charge < -0.3 is 29.2 Å². The van der Waals surface area contributed by atoms with E-state index in [4.69, 9.17) is 18.9 Å². The van der Waals surface area contributed by atoms with Gasteiger partial charge in [0.1, 0.15) is 0 Å². The first-order valence-electron chi connectivity index (χ1n) is 7.78. The van der Waals surface area contributed by atoms with Gasteiger partial charge in [-0.15, -0.1) is 0 Å². The number of carbonyl (C=O) groups excluding carboxylic acids is 2. The Hall–Kier alpha value is -2.16. The molecule has 0 saturated carbocycles. The molecule has 2 aliphatic heterocycles. The summed E-state index contributed by atoms with van der Waals surface area (Å²) in [4.78, 5) is 25.8. The third-order valence-corrected chi connectivity index (χ3v) is 3.89. The van der Waals surface area contributed by atoms with Gasteiger partial charge >= 0.3 is 12.0 Å². The summed E-state index contributed by atoms with van der Waals surface area (Å²) >= 11 is 0. The van der Waals surface area contributed by atoms with E-state index >= 15 is 0 Å². The summed E-state index contributed by atoms with van der Waals surface area (Å²) < 4.78 is 21.0. The van der Waals surface area contributed by atoms with Gasteiger partial charge in [-0.1, -0.05) is 0 Å². The lowest BCUT2D eigenvalue weighted by Crippen LogP contribution is -2.43. The van der Waals surface area contributed by atoms with Crippen LogP contribution in [0.25, 0.3) is 0 Å². The minimum atomic E-state index is -0.616. The van der Waals surface area contributed by atoms with Gasteiger partial charge in [0.2, 0.25) is 0 Å². The number of carbonyl (C=O) groups is 2. The van der Waals surface area contributed by atoms with Crippen LogP contribution in [-0.4, -0.2) is 63.5 Å². The van der Waals surface area contributed by atoms with Gasteiger partial charge in [0.05, 0.1) is 44.8 Å². The van der Waals surface area contributed by atoms with Gasteiger partial charge in [0.25, 0.3) is 0 Å². The highest BCUT2D eigenvalue weighted by Gasteiger charge is 2.25. The molecule has 2 heterocycles. The molecule has 2 fully saturated rings. The Morgan fingerprint density at radius 1 is 1.17 bits per heavy atom. The zero-order valence-electron chi connectivity index (χ0n) is 13.4. The zero-order valence-corrected chi connectivity index (χ0v) is 13.4. The number of hydrogen-bond donors (Lipinski definition) is 1. The van der Waals surface area contributed by atoms with Crippen molar-refractivity contribution in [2.45, 2.75) is 6.29 Å². The van der Waals surface area contributed by atoms with E-state index in [1.165, 1.54) is 7.11 Å². The Morgan fingerprint density at radius 2 is 1.88 bits per heavy atom. The number of anilines is 1. The van der Waals surface area contributed by atoms with Gasteiger partial charge in [-0.3, -0.25) is 0 Å². The van der Waals surface area contributed by atoms with Gasteiger partial charge in [-0.25, -0.2) is 9.59 Å². The molecule has 2 amide bonds. The molecule has 24 heavy (non-hydrogen) atoms. The second kappa shape index (κ2) is 7.61. The highest BCUT2D eigenvalue weighted by Crippen LogP contribution is 2.31. The van der Waals surface area contributed by atoms with E-state index in [1.54, 1.807) is 23.1 Å². The Morgan fingerprint density at radius 3 is 2.54 bits per heavy atom. The summed E-state index contributed by atoms with van der Waals surface area (Å²) in [5.41, 5.74) is 1.51. The molecule has 1 aromatic carbocycles. The lowest BCUT2D eigenvalue weighted by atomic mass is 10.1. The summed E-state index contributed by atoms with van der Waals surface area (Å²) in [6, 6.07) is 4.66. The maximum atomic E-state index is 12.4. The van der Waals surface area contributed by atoms with Crippen molar-refractivity contribution in [2.75, 3.05) is 51.9 Å². The average molecular weight is 336 g/mol. The fourth-order valence-electron chi connectivity index (χ4n) is 2.62. The third kappa shape index (κ3) is 3.66. The highest BCUT2D eigenvalue weighted by molar-refractivity contribution is 5.93. The predicted octanol–water partition coefficient (Wildman–Crippen LogP) is 1.38. The van der Waals surface area contributed by atoms with Gasteiger partial charge in [0, 0.05) is 18.7 Å². The first-order valence-corrected chi connectivity index (χ1v) is 7.78. The van der Waals surface area contributed by atoms with Crippen molar-refractivity contribution in [3.05, 3.63) is 29.3 Å². The van der Waals surface area contributed by atoms with Gasteiger partial charge in [-0.2, -0.15) is 0 Å². The molecule has 0 unspecified atom stereocenters. The topological polar surface area (TPSA) is 86.3 Å². The number of morpholine rings is 1. The van der Waals surface area contributed by atoms with E-state index in [1.807, 2.05) is 0 Å². The molecule has 0 spiro atoms. The standard InChI is InChI=1S/C16H20N2O6/c1-21-14(19)11-2-3-13(12(10-11)15-23-8-9-24-15)17-16(20)18-4-6-22-7-5-18/h2-3,10,15H,4-9H2,1H3,(H,17,20). The quantitative estimate of drug-likeness (QED) is 0.839. The molecule has 0 aliphatic carbocycles. The Balaban J connectivity index is 1.82. The number of methoxy groups -OCH3 is 1. The summed E-state index contributed by atoms with van der Waals surface area (Å²) in [6.07, 6.45) is -0.616. The minimum absolute atomic E-state index is 0.219. The minimum Gasteiger partial charge on any atom is -0.465 e. The molecule has 0 atom stereocenters.